The maximum Gasteiger partial charge on any atom is 0.185 e. The largest absolute Gasteiger partial charge is 0.759 e. The van der Waals surface area contributed by atoms with Gasteiger partial charge in [0.15, 0.2) is 11.7 Å². The molecule has 1 rings (SSSR count). The molecule has 1 aromatic carbocycles. The van der Waals surface area contributed by atoms with Gasteiger partial charge in [0, 0.05) is 39.3 Å². The van der Waals surface area contributed by atoms with Crippen LogP contribution in [0.2, 0.25) is 0 Å². The first-order valence-electron chi connectivity index (χ1n) is 6.27. The predicted molar refractivity (Wildman–Crippen MR) is 81.6 cm³/mol. The molecule has 0 saturated heterocycles. The van der Waals surface area contributed by atoms with Gasteiger partial charge >= 0.3 is 0 Å². The van der Waals surface area contributed by atoms with Gasteiger partial charge in [0.2, 0.25) is 0 Å². The summed E-state index contributed by atoms with van der Waals surface area (Å²) in [6.07, 6.45) is 0.927. The molecule has 0 aliphatic carbocycles. The second kappa shape index (κ2) is 12.2. The van der Waals surface area contributed by atoms with Crippen LogP contribution in [0.5, 0.6) is 0 Å². The van der Waals surface area contributed by atoms with Crippen molar-refractivity contribution < 1.29 is 44.2 Å². The average Bonchev–Trinajstić information content (AvgIpc) is 2.40. The number of benzene rings is 1. The van der Waals surface area contributed by atoms with Crippen molar-refractivity contribution in [2.24, 2.45) is 16.5 Å². The highest BCUT2D eigenvalue weighted by Gasteiger charge is 2.04. The van der Waals surface area contributed by atoms with Crippen LogP contribution in [0.1, 0.15) is 23.2 Å². The molecule has 0 bridgehead atoms. The summed E-state index contributed by atoms with van der Waals surface area (Å²) < 4.78 is 80.8. The molecule has 150 valence electrons. The Bertz CT molecular complexity index is 743. The number of aliphatic imine (C=N–C) groups is 1. The predicted octanol–water partition coefficient (Wildman–Crippen LogP) is -1.61. The van der Waals surface area contributed by atoms with E-state index in [1.807, 2.05) is 0 Å². The Balaban J connectivity index is 0. The summed E-state index contributed by atoms with van der Waals surface area (Å²) in [5.41, 5.74) is 10.8. The first-order chi connectivity index (χ1) is 11.6. The number of nitrogens with two attached hydrogens (primary N) is 2. The molecule has 0 radical (unpaired) electrons. The van der Waals surface area contributed by atoms with E-state index in [-0.39, 0.29) is 17.6 Å². The van der Waals surface area contributed by atoms with Gasteiger partial charge in [0.1, 0.15) is 5.82 Å². The highest BCUT2D eigenvalue weighted by Crippen LogP contribution is 2.07. The standard InChI is InChI=1S/C11H14FN3O.2H2O4S/c12-9-5-3-8(4-6-9)10(16)2-1-7-15-11(13)14;2*1-5(2,3)4/h3-6H,1-2,7H2,(H4,13,14,15);2*(H2,1,2,3,4)/p-4. The molecule has 15 heteroatoms. The third-order valence-electron chi connectivity index (χ3n) is 2.02. The monoisotopic (exact) mass is 415 g/mol. The smallest absolute Gasteiger partial charge is 0.185 e. The van der Waals surface area contributed by atoms with Crippen molar-refractivity contribution in [3.63, 3.8) is 0 Å². The fourth-order valence-corrected chi connectivity index (χ4v) is 1.23. The molecule has 0 amide bonds. The molecule has 0 spiro atoms. The summed E-state index contributed by atoms with van der Waals surface area (Å²) in [5, 5.41) is 0. The summed E-state index contributed by atoms with van der Waals surface area (Å²) in [6, 6.07) is 5.48. The van der Waals surface area contributed by atoms with Gasteiger partial charge in [-0.15, -0.1) is 0 Å². The van der Waals surface area contributed by atoms with Crippen LogP contribution in [0.25, 0.3) is 0 Å². The van der Waals surface area contributed by atoms with E-state index in [9.17, 15) is 9.18 Å². The second-order valence-corrected chi connectivity index (χ2v) is 5.79. The minimum atomic E-state index is -5.17. The van der Waals surface area contributed by atoms with E-state index >= 15 is 0 Å². The van der Waals surface area contributed by atoms with Gasteiger partial charge in [0.05, 0.1) is 0 Å². The Hall–Kier alpha value is -2.17. The zero-order chi connectivity index (χ0) is 21.0. The molecule has 0 aliphatic rings. The van der Waals surface area contributed by atoms with Crippen LogP contribution in [0.3, 0.4) is 0 Å². The summed E-state index contributed by atoms with van der Waals surface area (Å²) in [7, 11) is -10.3. The van der Waals surface area contributed by atoms with Crippen molar-refractivity contribution in [2.75, 3.05) is 6.54 Å². The number of guanidine groups is 1. The molecular weight excluding hydrogens is 401 g/mol. The van der Waals surface area contributed by atoms with E-state index in [1.165, 1.54) is 24.3 Å². The summed E-state index contributed by atoms with van der Waals surface area (Å²) in [6.45, 7) is 0.426. The van der Waals surface area contributed by atoms with Gasteiger partial charge in [-0.05, 0) is 30.7 Å². The van der Waals surface area contributed by atoms with Crippen LogP contribution in [-0.4, -0.2) is 53.3 Å². The lowest BCUT2D eigenvalue weighted by molar-refractivity contribution is 0.0980. The number of halogens is 1. The molecule has 0 saturated carbocycles. The maximum atomic E-state index is 12.6. The third-order valence-corrected chi connectivity index (χ3v) is 2.02. The van der Waals surface area contributed by atoms with Gasteiger partial charge in [-0.25, -0.2) is 4.39 Å². The van der Waals surface area contributed by atoms with Crippen LogP contribution in [0.15, 0.2) is 29.3 Å². The van der Waals surface area contributed by atoms with Crippen LogP contribution in [0, 0.1) is 5.82 Å². The van der Waals surface area contributed by atoms with Gasteiger partial charge in [0.25, 0.3) is 0 Å². The quantitative estimate of drug-likeness (QED) is 0.138. The fourth-order valence-electron chi connectivity index (χ4n) is 1.23. The van der Waals surface area contributed by atoms with Crippen molar-refractivity contribution >= 4 is 32.5 Å². The van der Waals surface area contributed by atoms with Gasteiger partial charge < -0.3 is 29.7 Å². The molecule has 0 aromatic heterocycles. The molecule has 0 heterocycles. The molecule has 0 atom stereocenters. The van der Waals surface area contributed by atoms with Crippen LogP contribution in [0.4, 0.5) is 4.39 Å². The van der Waals surface area contributed by atoms with Crippen molar-refractivity contribution in [1.82, 2.24) is 0 Å². The molecule has 4 N–H and O–H groups in total. The normalized spacial score (nSPS) is 10.5. The van der Waals surface area contributed by atoms with Gasteiger partial charge in [-0.2, -0.15) is 0 Å². The van der Waals surface area contributed by atoms with Crippen molar-refractivity contribution in [1.29, 1.82) is 0 Å². The number of hydrogen-bond donors (Lipinski definition) is 2. The molecular formula is C11H14FN3O9S2-4. The van der Waals surface area contributed by atoms with E-state index in [0.717, 1.165) is 0 Å². The Labute approximate surface area is 148 Å². The molecule has 0 aliphatic heterocycles. The highest BCUT2D eigenvalue weighted by atomic mass is 32.3. The first-order valence-corrected chi connectivity index (χ1v) is 8.94. The van der Waals surface area contributed by atoms with E-state index in [0.29, 0.717) is 24.9 Å². The number of hydrogen-bond acceptors (Lipinski definition) is 10. The average molecular weight is 415 g/mol. The molecule has 12 nitrogen and oxygen atoms in total. The Morgan fingerprint density at radius 2 is 1.35 bits per heavy atom. The highest BCUT2D eigenvalue weighted by molar-refractivity contribution is 7.79. The maximum absolute atomic E-state index is 12.6. The van der Waals surface area contributed by atoms with Crippen molar-refractivity contribution in [3.05, 3.63) is 35.6 Å². The Morgan fingerprint density at radius 1 is 0.962 bits per heavy atom. The van der Waals surface area contributed by atoms with E-state index < -0.39 is 20.8 Å². The van der Waals surface area contributed by atoms with Crippen molar-refractivity contribution in [2.45, 2.75) is 12.8 Å². The summed E-state index contributed by atoms with van der Waals surface area (Å²) >= 11 is 0. The third kappa shape index (κ3) is 26.7. The van der Waals surface area contributed by atoms with Crippen LogP contribution < -0.4 is 11.5 Å². The van der Waals surface area contributed by atoms with Gasteiger partial charge in [-0.1, -0.05) is 0 Å². The second-order valence-electron chi connectivity index (χ2n) is 4.16. The molecule has 0 unspecified atom stereocenters. The lowest BCUT2D eigenvalue weighted by Gasteiger charge is -2.06. The number of carbonyl (C=O) groups excluding carboxylic acids is 1. The number of ketones is 1. The number of carbonyl (C=O) groups is 1. The zero-order valence-corrected chi connectivity index (χ0v) is 14.5. The van der Waals surface area contributed by atoms with Crippen LogP contribution >= 0.6 is 0 Å². The lowest BCUT2D eigenvalue weighted by atomic mass is 10.1. The van der Waals surface area contributed by atoms with E-state index in [1.54, 1.807) is 0 Å². The number of rotatable bonds is 5. The topological polar surface area (TPSA) is 242 Å². The fraction of sp³-hybridized carbons (Fsp3) is 0.273. The first kappa shape index (κ1) is 26.1. The minimum Gasteiger partial charge on any atom is -0.759 e. The van der Waals surface area contributed by atoms with Crippen molar-refractivity contribution in [3.8, 4) is 0 Å². The Kier molecular flexibility index (Phi) is 12.3. The minimum absolute atomic E-state index is 0.0224. The molecule has 26 heavy (non-hydrogen) atoms. The lowest BCUT2D eigenvalue weighted by Crippen LogP contribution is -2.23. The number of Topliss-reactive ketones (excluding diaryl/α,β-unsaturated/α-hetero) is 1. The SMILES string of the molecule is NC(N)=NCCCC(=O)c1ccc(F)cc1.O=S(=O)([O-])[O-].O=S(=O)([O-])[O-]. The Morgan fingerprint density at radius 3 is 1.69 bits per heavy atom. The van der Waals surface area contributed by atoms with E-state index in [2.05, 4.69) is 4.99 Å². The molecule has 1 aromatic rings. The number of nitrogens with zero attached hydrogens (tertiary/aromatic N) is 1. The summed E-state index contributed by atoms with van der Waals surface area (Å²) in [4.78, 5) is 15.3. The van der Waals surface area contributed by atoms with E-state index in [4.69, 9.17) is 46.5 Å². The van der Waals surface area contributed by atoms with Gasteiger partial charge in [-0.3, -0.25) is 26.6 Å². The van der Waals surface area contributed by atoms with Crippen LogP contribution in [-0.2, 0) is 20.8 Å². The zero-order valence-electron chi connectivity index (χ0n) is 12.9. The molecule has 0 fully saturated rings. The summed E-state index contributed by atoms with van der Waals surface area (Å²) in [5.74, 6) is -0.364.